The maximum Gasteiger partial charge on any atom is 0.160 e. The fourth-order valence-corrected chi connectivity index (χ4v) is 3.00. The molecule has 0 aliphatic rings. The number of phenolic OH excluding ortho intramolecular Hbond substituents is 1. The first-order valence-corrected chi connectivity index (χ1v) is 8.70. The van der Waals surface area contributed by atoms with Crippen LogP contribution in [0.2, 0.25) is 0 Å². The number of methoxy groups -OCH3 is 1. The van der Waals surface area contributed by atoms with Crippen molar-refractivity contribution in [2.24, 2.45) is 0 Å². The number of aryl methyl sites for hydroxylation is 3. The van der Waals surface area contributed by atoms with Gasteiger partial charge in [-0.25, -0.2) is 0 Å². The highest BCUT2D eigenvalue weighted by Crippen LogP contribution is 2.26. The van der Waals surface area contributed by atoms with E-state index in [-0.39, 0.29) is 24.2 Å². The van der Waals surface area contributed by atoms with Crippen molar-refractivity contribution in [3.05, 3.63) is 52.6 Å². The second kappa shape index (κ2) is 10.3. The molecule has 1 unspecified atom stereocenters. The average Bonchev–Trinajstić information content (AvgIpc) is 2.55. The maximum absolute atomic E-state index is 9.63. The van der Waals surface area contributed by atoms with E-state index in [4.69, 9.17) is 9.47 Å². The third-order valence-corrected chi connectivity index (χ3v) is 4.23. The van der Waals surface area contributed by atoms with Crippen LogP contribution in [0.1, 0.15) is 29.2 Å². The number of aromatic hydroxyl groups is 1. The molecule has 0 aliphatic carbocycles. The predicted octanol–water partition coefficient (Wildman–Crippen LogP) is 4.35. The van der Waals surface area contributed by atoms with E-state index in [0.717, 1.165) is 24.3 Å². The number of halogens is 1. The SMILES string of the molecule is COc1cc(CCNC(C)COc2c(C)cc(C)cc2C)ccc1O.Cl. The third kappa shape index (κ3) is 6.11. The van der Waals surface area contributed by atoms with Crippen LogP contribution in [-0.2, 0) is 6.42 Å². The van der Waals surface area contributed by atoms with Gasteiger partial charge in [0.15, 0.2) is 11.5 Å². The van der Waals surface area contributed by atoms with Gasteiger partial charge in [-0.05, 0) is 69.5 Å². The topological polar surface area (TPSA) is 50.7 Å². The van der Waals surface area contributed by atoms with E-state index in [1.54, 1.807) is 13.2 Å². The fraction of sp³-hybridized carbons (Fsp3) is 0.429. The van der Waals surface area contributed by atoms with Crippen molar-refractivity contribution in [1.82, 2.24) is 5.32 Å². The van der Waals surface area contributed by atoms with Gasteiger partial charge >= 0.3 is 0 Å². The summed E-state index contributed by atoms with van der Waals surface area (Å²) in [6.45, 7) is 9.87. The van der Waals surface area contributed by atoms with Crippen molar-refractivity contribution in [1.29, 1.82) is 0 Å². The zero-order valence-electron chi connectivity index (χ0n) is 16.3. The molecule has 0 bridgehead atoms. The molecule has 1 atom stereocenters. The molecule has 144 valence electrons. The van der Waals surface area contributed by atoms with Crippen LogP contribution in [0.4, 0.5) is 0 Å². The second-order valence-electron chi connectivity index (χ2n) is 6.65. The molecule has 0 radical (unpaired) electrons. The van der Waals surface area contributed by atoms with Crippen LogP contribution in [0.3, 0.4) is 0 Å². The molecule has 0 saturated heterocycles. The minimum absolute atomic E-state index is 0. The Balaban J connectivity index is 0.00000338. The van der Waals surface area contributed by atoms with Gasteiger partial charge in [0.1, 0.15) is 12.4 Å². The highest BCUT2D eigenvalue weighted by atomic mass is 35.5. The average molecular weight is 380 g/mol. The molecule has 2 aromatic rings. The molecule has 0 spiro atoms. The van der Waals surface area contributed by atoms with Crippen molar-refractivity contribution in [2.45, 2.75) is 40.2 Å². The summed E-state index contributed by atoms with van der Waals surface area (Å²) in [4.78, 5) is 0. The van der Waals surface area contributed by atoms with E-state index in [1.807, 2.05) is 12.1 Å². The van der Waals surface area contributed by atoms with Crippen LogP contribution in [0, 0.1) is 20.8 Å². The zero-order chi connectivity index (χ0) is 18.4. The number of phenols is 1. The third-order valence-electron chi connectivity index (χ3n) is 4.23. The Morgan fingerprint density at radius 3 is 2.35 bits per heavy atom. The molecular formula is C21H30ClNO3. The van der Waals surface area contributed by atoms with Gasteiger partial charge in [-0.1, -0.05) is 23.8 Å². The predicted molar refractivity (Wildman–Crippen MR) is 109 cm³/mol. The number of rotatable bonds is 8. The molecular weight excluding hydrogens is 350 g/mol. The molecule has 0 heterocycles. The van der Waals surface area contributed by atoms with Crippen molar-refractivity contribution in [2.75, 3.05) is 20.3 Å². The van der Waals surface area contributed by atoms with Gasteiger partial charge in [0.05, 0.1) is 7.11 Å². The first-order chi connectivity index (χ1) is 11.9. The van der Waals surface area contributed by atoms with Gasteiger partial charge in [0, 0.05) is 6.04 Å². The van der Waals surface area contributed by atoms with Gasteiger partial charge < -0.3 is 19.9 Å². The molecule has 0 amide bonds. The van der Waals surface area contributed by atoms with E-state index in [1.165, 1.54) is 16.7 Å². The van der Waals surface area contributed by atoms with Gasteiger partial charge in [0.2, 0.25) is 0 Å². The van der Waals surface area contributed by atoms with E-state index in [0.29, 0.717) is 12.4 Å². The summed E-state index contributed by atoms with van der Waals surface area (Å²) >= 11 is 0. The van der Waals surface area contributed by atoms with Crippen LogP contribution >= 0.6 is 12.4 Å². The monoisotopic (exact) mass is 379 g/mol. The summed E-state index contributed by atoms with van der Waals surface area (Å²) in [7, 11) is 1.56. The van der Waals surface area contributed by atoms with Crippen molar-refractivity contribution < 1.29 is 14.6 Å². The van der Waals surface area contributed by atoms with Crippen molar-refractivity contribution in [3.8, 4) is 17.2 Å². The smallest absolute Gasteiger partial charge is 0.160 e. The van der Waals surface area contributed by atoms with Crippen LogP contribution < -0.4 is 14.8 Å². The largest absolute Gasteiger partial charge is 0.504 e. The lowest BCUT2D eigenvalue weighted by Gasteiger charge is -2.18. The molecule has 2 N–H and O–H groups in total. The van der Waals surface area contributed by atoms with E-state index in [9.17, 15) is 5.11 Å². The van der Waals surface area contributed by atoms with E-state index in [2.05, 4.69) is 45.1 Å². The quantitative estimate of drug-likeness (QED) is 0.716. The maximum atomic E-state index is 9.63. The van der Waals surface area contributed by atoms with Crippen LogP contribution in [0.25, 0.3) is 0 Å². The molecule has 0 aromatic heterocycles. The summed E-state index contributed by atoms with van der Waals surface area (Å²) in [5.74, 6) is 1.67. The van der Waals surface area contributed by atoms with Crippen LogP contribution in [0.5, 0.6) is 17.2 Å². The standard InChI is InChI=1S/C21H29NO3.ClH/c1-14-10-15(2)21(16(3)11-14)25-13-17(4)22-9-8-18-6-7-19(23)20(12-18)24-5;/h6-7,10-12,17,22-23H,8-9,13H2,1-5H3;1H. The Morgan fingerprint density at radius 2 is 1.73 bits per heavy atom. The van der Waals surface area contributed by atoms with Gasteiger partial charge in [-0.3, -0.25) is 0 Å². The summed E-state index contributed by atoms with van der Waals surface area (Å²) in [5, 5.41) is 13.1. The van der Waals surface area contributed by atoms with E-state index < -0.39 is 0 Å². The van der Waals surface area contributed by atoms with Crippen LogP contribution in [0.15, 0.2) is 30.3 Å². The second-order valence-corrected chi connectivity index (χ2v) is 6.65. The lowest BCUT2D eigenvalue weighted by atomic mass is 10.1. The summed E-state index contributed by atoms with van der Waals surface area (Å²) in [6.07, 6.45) is 0.865. The lowest BCUT2D eigenvalue weighted by Crippen LogP contribution is -2.33. The van der Waals surface area contributed by atoms with E-state index >= 15 is 0 Å². The van der Waals surface area contributed by atoms with Gasteiger partial charge in [0.25, 0.3) is 0 Å². The highest BCUT2D eigenvalue weighted by Gasteiger charge is 2.08. The summed E-state index contributed by atoms with van der Waals surface area (Å²) < 4.78 is 11.2. The van der Waals surface area contributed by atoms with Crippen molar-refractivity contribution >= 4 is 12.4 Å². The molecule has 2 aromatic carbocycles. The molecule has 2 rings (SSSR count). The Morgan fingerprint density at radius 1 is 1.08 bits per heavy atom. The molecule has 0 saturated carbocycles. The van der Waals surface area contributed by atoms with Crippen molar-refractivity contribution in [3.63, 3.8) is 0 Å². The highest BCUT2D eigenvalue weighted by molar-refractivity contribution is 5.85. The van der Waals surface area contributed by atoms with Crippen LogP contribution in [-0.4, -0.2) is 31.4 Å². The lowest BCUT2D eigenvalue weighted by molar-refractivity contribution is 0.271. The Bertz CT molecular complexity index is 695. The molecule has 5 heteroatoms. The minimum atomic E-state index is 0. The number of hydrogen-bond donors (Lipinski definition) is 2. The number of nitrogens with one attached hydrogen (secondary N) is 1. The molecule has 0 aliphatic heterocycles. The molecule has 4 nitrogen and oxygen atoms in total. The Kier molecular flexibility index (Phi) is 8.76. The Labute approximate surface area is 162 Å². The number of hydrogen-bond acceptors (Lipinski definition) is 4. The number of benzene rings is 2. The Hall–Kier alpha value is -1.91. The first kappa shape index (κ1) is 22.1. The first-order valence-electron chi connectivity index (χ1n) is 8.70. The summed E-state index contributed by atoms with van der Waals surface area (Å²) in [6, 6.07) is 10.0. The summed E-state index contributed by atoms with van der Waals surface area (Å²) in [5.41, 5.74) is 4.75. The normalized spacial score (nSPS) is 11.6. The van der Waals surface area contributed by atoms with Gasteiger partial charge in [-0.15, -0.1) is 12.4 Å². The molecule has 26 heavy (non-hydrogen) atoms. The van der Waals surface area contributed by atoms with Gasteiger partial charge in [-0.2, -0.15) is 0 Å². The minimum Gasteiger partial charge on any atom is -0.504 e. The molecule has 0 fully saturated rings. The zero-order valence-corrected chi connectivity index (χ0v) is 17.1. The fourth-order valence-electron chi connectivity index (χ4n) is 3.00. The number of ether oxygens (including phenoxy) is 2.